The van der Waals surface area contributed by atoms with Crippen molar-refractivity contribution in [3.8, 4) is 0 Å². The summed E-state index contributed by atoms with van der Waals surface area (Å²) in [5.74, 6) is 0.681. The first-order valence-corrected chi connectivity index (χ1v) is 4.89. The fourth-order valence-corrected chi connectivity index (χ4v) is 1.24. The summed E-state index contributed by atoms with van der Waals surface area (Å²) in [6, 6.07) is 1.94. The zero-order valence-corrected chi connectivity index (χ0v) is 8.75. The maximum absolute atomic E-state index is 8.59. The number of hydrogen-bond acceptors (Lipinski definition) is 4. The van der Waals surface area contributed by atoms with Crippen molar-refractivity contribution in [3.05, 3.63) is 17.5 Å². The predicted octanol–water partition coefficient (Wildman–Crippen LogP) is 1.28. The van der Waals surface area contributed by atoms with Crippen molar-refractivity contribution < 1.29 is 5.11 Å². The Morgan fingerprint density at radius 3 is 2.43 bits per heavy atom. The van der Waals surface area contributed by atoms with Crippen LogP contribution in [0.4, 0.5) is 5.95 Å². The largest absolute Gasteiger partial charge is 0.396 e. The van der Waals surface area contributed by atoms with Gasteiger partial charge in [0, 0.05) is 24.5 Å². The Morgan fingerprint density at radius 1 is 1.21 bits per heavy atom. The summed E-state index contributed by atoms with van der Waals surface area (Å²) in [7, 11) is 0. The van der Waals surface area contributed by atoms with Gasteiger partial charge in [-0.05, 0) is 32.8 Å². The van der Waals surface area contributed by atoms with Crippen LogP contribution in [0.25, 0.3) is 0 Å². The minimum absolute atomic E-state index is 0.245. The van der Waals surface area contributed by atoms with Gasteiger partial charge in [-0.1, -0.05) is 0 Å². The van der Waals surface area contributed by atoms with Crippen molar-refractivity contribution in [2.75, 3.05) is 18.5 Å². The van der Waals surface area contributed by atoms with Crippen LogP contribution in [0.2, 0.25) is 0 Å². The molecule has 0 aliphatic rings. The van der Waals surface area contributed by atoms with Crippen molar-refractivity contribution in [2.24, 2.45) is 0 Å². The molecule has 78 valence electrons. The van der Waals surface area contributed by atoms with E-state index in [1.807, 2.05) is 19.9 Å². The smallest absolute Gasteiger partial charge is 0.223 e. The number of hydrogen-bond donors (Lipinski definition) is 2. The second-order valence-electron chi connectivity index (χ2n) is 3.33. The summed E-state index contributed by atoms with van der Waals surface area (Å²) in [6.45, 7) is 4.96. The summed E-state index contributed by atoms with van der Waals surface area (Å²) in [4.78, 5) is 8.49. The number of nitrogens with zero attached hydrogens (tertiary/aromatic N) is 2. The lowest BCUT2D eigenvalue weighted by Gasteiger charge is -2.05. The van der Waals surface area contributed by atoms with Crippen molar-refractivity contribution in [1.29, 1.82) is 0 Å². The summed E-state index contributed by atoms with van der Waals surface area (Å²) in [5.41, 5.74) is 1.95. The van der Waals surface area contributed by atoms with Gasteiger partial charge in [0.15, 0.2) is 0 Å². The maximum atomic E-state index is 8.59. The van der Waals surface area contributed by atoms with Crippen LogP contribution in [0.1, 0.15) is 24.2 Å². The molecule has 4 heteroatoms. The Bertz CT molecular complexity index is 268. The van der Waals surface area contributed by atoms with Crippen LogP contribution in [0.5, 0.6) is 0 Å². The zero-order valence-electron chi connectivity index (χ0n) is 8.75. The third-order valence-electron chi connectivity index (χ3n) is 1.85. The van der Waals surface area contributed by atoms with Gasteiger partial charge >= 0.3 is 0 Å². The van der Waals surface area contributed by atoms with Crippen molar-refractivity contribution in [3.63, 3.8) is 0 Å². The Hall–Kier alpha value is -1.16. The number of nitrogens with one attached hydrogen (secondary N) is 1. The summed E-state index contributed by atoms with van der Waals surface area (Å²) in [5, 5.41) is 11.7. The lowest BCUT2D eigenvalue weighted by Crippen LogP contribution is -2.07. The molecule has 0 amide bonds. The van der Waals surface area contributed by atoms with Gasteiger partial charge in [0.25, 0.3) is 0 Å². The summed E-state index contributed by atoms with van der Waals surface area (Å²) in [6.07, 6.45) is 1.75. The highest BCUT2D eigenvalue weighted by atomic mass is 16.2. The van der Waals surface area contributed by atoms with E-state index in [2.05, 4.69) is 15.3 Å². The van der Waals surface area contributed by atoms with Gasteiger partial charge < -0.3 is 10.4 Å². The number of aliphatic hydroxyl groups excluding tert-OH is 1. The van der Waals surface area contributed by atoms with Crippen LogP contribution in [0.15, 0.2) is 6.07 Å². The molecule has 0 saturated heterocycles. The number of rotatable bonds is 5. The van der Waals surface area contributed by atoms with E-state index in [0.717, 1.165) is 30.8 Å². The van der Waals surface area contributed by atoms with E-state index < -0.39 is 0 Å². The Labute approximate surface area is 84.4 Å². The van der Waals surface area contributed by atoms with Crippen LogP contribution < -0.4 is 5.32 Å². The van der Waals surface area contributed by atoms with Crippen molar-refractivity contribution in [1.82, 2.24) is 9.97 Å². The van der Waals surface area contributed by atoms with Gasteiger partial charge in [-0.2, -0.15) is 0 Å². The molecule has 0 aliphatic heterocycles. The van der Waals surface area contributed by atoms with Gasteiger partial charge in [0.1, 0.15) is 0 Å². The normalized spacial score (nSPS) is 10.2. The molecule has 0 radical (unpaired) electrons. The number of unbranched alkanes of at least 4 members (excludes halogenated alkanes) is 1. The molecule has 0 bridgehead atoms. The second kappa shape index (κ2) is 5.54. The fourth-order valence-electron chi connectivity index (χ4n) is 1.24. The zero-order chi connectivity index (χ0) is 10.4. The molecule has 1 rings (SSSR count). The van der Waals surface area contributed by atoms with Gasteiger partial charge in [-0.25, -0.2) is 9.97 Å². The highest BCUT2D eigenvalue weighted by molar-refractivity contribution is 5.27. The first-order chi connectivity index (χ1) is 6.72. The summed E-state index contributed by atoms with van der Waals surface area (Å²) >= 11 is 0. The monoisotopic (exact) mass is 195 g/mol. The van der Waals surface area contributed by atoms with E-state index in [0.29, 0.717) is 5.95 Å². The van der Waals surface area contributed by atoms with Crippen LogP contribution >= 0.6 is 0 Å². The van der Waals surface area contributed by atoms with Gasteiger partial charge in [-0.3, -0.25) is 0 Å². The van der Waals surface area contributed by atoms with Crippen LogP contribution in [0.3, 0.4) is 0 Å². The van der Waals surface area contributed by atoms with Crippen molar-refractivity contribution >= 4 is 5.95 Å². The fraction of sp³-hybridized carbons (Fsp3) is 0.600. The Kier molecular flexibility index (Phi) is 4.32. The molecule has 1 aromatic heterocycles. The predicted molar refractivity (Wildman–Crippen MR) is 56.3 cm³/mol. The molecule has 0 atom stereocenters. The van der Waals surface area contributed by atoms with Crippen LogP contribution in [-0.4, -0.2) is 28.2 Å². The Balaban J connectivity index is 2.42. The average molecular weight is 195 g/mol. The van der Waals surface area contributed by atoms with E-state index in [9.17, 15) is 0 Å². The van der Waals surface area contributed by atoms with E-state index in [-0.39, 0.29) is 6.61 Å². The van der Waals surface area contributed by atoms with Crippen LogP contribution in [0, 0.1) is 13.8 Å². The minimum atomic E-state index is 0.245. The number of aliphatic hydroxyl groups is 1. The van der Waals surface area contributed by atoms with E-state index >= 15 is 0 Å². The van der Waals surface area contributed by atoms with Gasteiger partial charge in [-0.15, -0.1) is 0 Å². The molecule has 2 N–H and O–H groups in total. The lowest BCUT2D eigenvalue weighted by molar-refractivity contribution is 0.286. The quantitative estimate of drug-likeness (QED) is 0.695. The molecule has 0 aliphatic carbocycles. The second-order valence-corrected chi connectivity index (χ2v) is 3.33. The van der Waals surface area contributed by atoms with Crippen molar-refractivity contribution in [2.45, 2.75) is 26.7 Å². The lowest BCUT2D eigenvalue weighted by atomic mass is 10.3. The van der Waals surface area contributed by atoms with E-state index in [4.69, 9.17) is 5.11 Å². The standard InChI is InChI=1S/C10H17N3O/c1-8-7-9(2)13-10(12-8)11-5-3-4-6-14/h7,14H,3-6H2,1-2H3,(H,11,12,13). The highest BCUT2D eigenvalue weighted by Gasteiger charge is 1.97. The molecule has 0 saturated carbocycles. The molecule has 1 heterocycles. The molecular formula is C10H17N3O. The highest BCUT2D eigenvalue weighted by Crippen LogP contribution is 2.03. The molecule has 14 heavy (non-hydrogen) atoms. The first kappa shape index (κ1) is 10.9. The van der Waals surface area contributed by atoms with E-state index in [1.165, 1.54) is 0 Å². The topological polar surface area (TPSA) is 58.0 Å². The van der Waals surface area contributed by atoms with Crippen LogP contribution in [-0.2, 0) is 0 Å². The third kappa shape index (κ3) is 3.70. The Morgan fingerprint density at radius 2 is 1.86 bits per heavy atom. The molecular weight excluding hydrogens is 178 g/mol. The molecule has 0 spiro atoms. The first-order valence-electron chi connectivity index (χ1n) is 4.89. The number of anilines is 1. The van der Waals surface area contributed by atoms with Gasteiger partial charge in [0.2, 0.25) is 5.95 Å². The molecule has 1 aromatic rings. The van der Waals surface area contributed by atoms with Gasteiger partial charge in [0.05, 0.1) is 0 Å². The average Bonchev–Trinajstić information content (AvgIpc) is 2.11. The third-order valence-corrected chi connectivity index (χ3v) is 1.85. The number of aryl methyl sites for hydroxylation is 2. The summed E-state index contributed by atoms with van der Waals surface area (Å²) < 4.78 is 0. The molecule has 0 fully saturated rings. The van der Waals surface area contributed by atoms with E-state index in [1.54, 1.807) is 0 Å². The molecule has 0 unspecified atom stereocenters. The molecule has 4 nitrogen and oxygen atoms in total. The molecule has 0 aromatic carbocycles. The number of aromatic nitrogens is 2. The SMILES string of the molecule is Cc1cc(C)nc(NCCCCO)n1. The minimum Gasteiger partial charge on any atom is -0.396 e. The maximum Gasteiger partial charge on any atom is 0.223 e.